The predicted molar refractivity (Wildman–Crippen MR) is 356 cm³/mol. The fourth-order valence-electron chi connectivity index (χ4n) is 9.12. The lowest BCUT2D eigenvalue weighted by atomic mass is 9.99. The minimum Gasteiger partial charge on any atom is -0.481 e. The van der Waals surface area contributed by atoms with Crippen molar-refractivity contribution in [1.29, 1.82) is 0 Å². The predicted octanol–water partition coefficient (Wildman–Crippen LogP) is -8.55. The van der Waals surface area contributed by atoms with Gasteiger partial charge in [0.2, 0.25) is 76.8 Å². The summed E-state index contributed by atoms with van der Waals surface area (Å²) in [6.45, 7) is 11.3. The van der Waals surface area contributed by atoms with Crippen LogP contribution in [0.1, 0.15) is 113 Å². The van der Waals surface area contributed by atoms with E-state index in [2.05, 4.69) is 81.4 Å². The Balaban J connectivity index is 3.46. The summed E-state index contributed by atoms with van der Waals surface area (Å²) in [6, 6.07) is -13.6. The van der Waals surface area contributed by atoms with E-state index in [0.717, 1.165) is 34.6 Å². The SMILES string of the molecule is CC(C)C[C@H](NC(=O)[C@H](CC(C)C)NC(=O)[C@@H](N)CS)C(=O)N[C@@H](CCC(=O)O)C(=O)N[C@H](C(=O)N[C@@H](CC(N)=O)C(=O)N[C@@H](Cc1ccccc1)C(=O)N[C@H](C(=O)N[C@@H](C)C(=O)N[C@@H](CO)C(=O)N[C@@H](C)C(=O)N[C@@H](CCCN=C(N)N)C(=O)N[C@H](C(=O)O)[C@@H](C)O)[C@@H](C)O)[C@@H](C)O. The minimum absolute atomic E-state index is 0.0216. The molecule has 16 atom stereocenters. The van der Waals surface area contributed by atoms with E-state index < -0.39 is 211 Å². The van der Waals surface area contributed by atoms with Crippen molar-refractivity contribution in [3.63, 3.8) is 0 Å². The van der Waals surface area contributed by atoms with Crippen molar-refractivity contribution >= 4 is 107 Å². The standard InChI is InChI=1S/C60H99N17O21S/c1-26(2)20-37(70-49(87)34(61)25-99)53(91)71-38(21-27(3)4)52(90)69-36(17-18-43(83)84)51(89)75-45(31(8)80)58(96)73-40(23-42(62)82)54(92)72-39(22-33-14-11-10-12-15-33)55(93)76-44(30(7)79)57(95)67-29(6)48(86)74-41(24-78)56(94)66-28(5)47(85)68-35(16-13-19-65-60(63)64)50(88)77-46(32(9)81)59(97)98/h10-12,14-15,26-32,34-41,44-46,78-81,99H,13,16-25,61H2,1-9H3,(H2,62,82)(H,66,94)(H,67,95)(H,68,85)(H,69,90)(H,70,87)(H,71,91)(H,72,92)(H,73,96)(H,74,86)(H,75,89)(H,76,93)(H,77,88)(H,83,84)(H,97,98)(H4,63,64,65)/t28-,29-,30+,31+,32+,34-,35-,36-,37-,38-,39-,40-,41-,44-,45-,46-/m0/s1. The number of carbonyl (C=O) groups excluding carboxylic acids is 13. The summed E-state index contributed by atoms with van der Waals surface area (Å²) in [5, 5.41) is 88.4. The van der Waals surface area contributed by atoms with Gasteiger partial charge in [-0.15, -0.1) is 0 Å². The van der Waals surface area contributed by atoms with Gasteiger partial charge in [-0.1, -0.05) is 58.0 Å². The Bertz CT molecular complexity index is 2980. The van der Waals surface area contributed by atoms with E-state index in [4.69, 9.17) is 22.9 Å². The number of amides is 13. The number of carboxylic acids is 2. The summed E-state index contributed by atoms with van der Waals surface area (Å²) < 4.78 is 0. The molecule has 1 aromatic carbocycles. The zero-order chi connectivity index (χ0) is 75.7. The van der Waals surface area contributed by atoms with Crippen molar-refractivity contribution in [2.45, 2.75) is 211 Å². The maximum Gasteiger partial charge on any atom is 0.328 e. The number of aliphatic imine (C=N–C) groups is 1. The van der Waals surface area contributed by atoms with Gasteiger partial charge in [-0.2, -0.15) is 12.6 Å². The van der Waals surface area contributed by atoms with Crippen molar-refractivity contribution in [2.75, 3.05) is 18.9 Å². The van der Waals surface area contributed by atoms with E-state index in [1.807, 2.05) is 0 Å². The number of hydrogen-bond donors (Lipinski definition) is 23. The number of nitrogens with zero attached hydrogens (tertiary/aromatic N) is 1. The maximum absolute atomic E-state index is 14.3. The number of rotatable bonds is 45. The van der Waals surface area contributed by atoms with Crippen LogP contribution in [0.2, 0.25) is 0 Å². The number of thiol groups is 1. The second-order valence-corrected chi connectivity index (χ2v) is 24.7. The number of nitrogens with one attached hydrogen (secondary N) is 12. The van der Waals surface area contributed by atoms with Crippen molar-refractivity contribution in [1.82, 2.24) is 63.8 Å². The van der Waals surface area contributed by atoms with Crippen LogP contribution < -0.4 is 86.7 Å². The van der Waals surface area contributed by atoms with Gasteiger partial charge in [-0.3, -0.25) is 72.1 Å². The van der Waals surface area contributed by atoms with Gasteiger partial charge in [0.15, 0.2) is 12.0 Å². The molecule has 0 saturated carbocycles. The number of nitrogens with two attached hydrogens (primary N) is 4. The van der Waals surface area contributed by atoms with Crippen LogP contribution in [0.25, 0.3) is 0 Å². The second kappa shape index (κ2) is 43.9. The van der Waals surface area contributed by atoms with Crippen molar-refractivity contribution < 1.29 is 103 Å². The first kappa shape index (κ1) is 87.7. The van der Waals surface area contributed by atoms with Gasteiger partial charge < -0.3 is 117 Å². The van der Waals surface area contributed by atoms with Crippen LogP contribution in [0.5, 0.6) is 0 Å². The van der Waals surface area contributed by atoms with E-state index in [-0.39, 0.29) is 62.2 Å². The van der Waals surface area contributed by atoms with Crippen LogP contribution in [0.3, 0.4) is 0 Å². The molecule has 0 saturated heterocycles. The van der Waals surface area contributed by atoms with Gasteiger partial charge in [0.1, 0.15) is 66.5 Å². The summed E-state index contributed by atoms with van der Waals surface area (Å²) >= 11 is 4.02. The van der Waals surface area contributed by atoms with E-state index >= 15 is 0 Å². The Morgan fingerprint density at radius 2 is 0.828 bits per heavy atom. The number of benzene rings is 1. The molecule has 1 rings (SSSR count). The van der Waals surface area contributed by atoms with E-state index in [1.165, 1.54) is 12.1 Å². The van der Waals surface area contributed by atoms with Crippen molar-refractivity contribution in [3.05, 3.63) is 35.9 Å². The monoisotopic (exact) mass is 1430 g/mol. The molecule has 0 radical (unpaired) electrons. The maximum atomic E-state index is 14.3. The quantitative estimate of drug-likeness (QED) is 0.0125. The van der Waals surface area contributed by atoms with Crippen LogP contribution in [-0.2, 0) is 78.3 Å². The molecule has 0 aliphatic heterocycles. The van der Waals surface area contributed by atoms with E-state index in [0.29, 0.717) is 5.56 Å². The Hall–Kier alpha value is -9.31. The third kappa shape index (κ3) is 32.7. The average Bonchev–Trinajstić information content (AvgIpc) is 0.861. The number of guanidine groups is 1. The summed E-state index contributed by atoms with van der Waals surface area (Å²) in [5.41, 5.74) is 22.4. The van der Waals surface area contributed by atoms with Gasteiger partial charge >= 0.3 is 11.9 Å². The molecule has 0 aliphatic carbocycles. The molecule has 0 aliphatic rings. The Labute approximate surface area is 576 Å². The highest BCUT2D eigenvalue weighted by Crippen LogP contribution is 2.13. The molecule has 0 unspecified atom stereocenters. The second-order valence-electron chi connectivity index (χ2n) is 24.4. The number of aliphatic hydroxyl groups is 4. The van der Waals surface area contributed by atoms with Gasteiger partial charge in [0.25, 0.3) is 0 Å². The first-order valence-corrected chi connectivity index (χ1v) is 32.3. The lowest BCUT2D eigenvalue weighted by Crippen LogP contribution is -2.63. The molecule has 0 aromatic heterocycles. The normalized spacial score (nSPS) is 16.0. The number of carbonyl (C=O) groups is 15. The molecule has 38 nitrogen and oxygen atoms in total. The van der Waals surface area contributed by atoms with Gasteiger partial charge in [-0.05, 0) is 84.1 Å². The van der Waals surface area contributed by atoms with Gasteiger partial charge in [0, 0.05) is 25.1 Å². The number of aliphatic carboxylic acids is 2. The Morgan fingerprint density at radius 3 is 1.26 bits per heavy atom. The zero-order valence-corrected chi connectivity index (χ0v) is 57.5. The molecule has 26 N–H and O–H groups in total. The first-order valence-electron chi connectivity index (χ1n) is 31.6. The highest BCUT2D eigenvalue weighted by atomic mass is 32.1. The van der Waals surface area contributed by atoms with Crippen LogP contribution in [0.4, 0.5) is 0 Å². The minimum atomic E-state index is -2.05. The third-order valence-corrected chi connectivity index (χ3v) is 14.9. The van der Waals surface area contributed by atoms with Crippen LogP contribution in [0, 0.1) is 11.8 Å². The molecule has 0 bridgehead atoms. The lowest BCUT2D eigenvalue weighted by molar-refractivity contribution is -0.145. The zero-order valence-electron chi connectivity index (χ0n) is 56.6. The molecule has 39 heteroatoms. The van der Waals surface area contributed by atoms with Gasteiger partial charge in [-0.25, -0.2) is 4.79 Å². The topological polar surface area (TPSA) is 638 Å². The first-order chi connectivity index (χ1) is 46.1. The summed E-state index contributed by atoms with van der Waals surface area (Å²) in [4.78, 5) is 204. The molecular weight excluding hydrogens is 1330 g/mol. The molecule has 0 heterocycles. The fraction of sp³-hybridized carbons (Fsp3) is 0.633. The molecule has 0 fully saturated rings. The van der Waals surface area contributed by atoms with Crippen molar-refractivity contribution in [3.8, 4) is 0 Å². The van der Waals surface area contributed by atoms with Crippen LogP contribution in [-0.4, -0.2) is 241 Å². The molecular formula is C60H99N17O21S. The fourth-order valence-corrected chi connectivity index (χ4v) is 9.29. The van der Waals surface area contributed by atoms with E-state index in [1.54, 1.807) is 45.9 Å². The lowest BCUT2D eigenvalue weighted by Gasteiger charge is -2.29. The summed E-state index contributed by atoms with van der Waals surface area (Å²) in [5.74, 6) is -18.2. The number of hydrogen-bond acceptors (Lipinski definition) is 22. The van der Waals surface area contributed by atoms with Crippen LogP contribution in [0.15, 0.2) is 35.3 Å². The third-order valence-electron chi connectivity index (χ3n) is 14.5. The summed E-state index contributed by atoms with van der Waals surface area (Å²) in [7, 11) is 0. The smallest absolute Gasteiger partial charge is 0.328 e. The van der Waals surface area contributed by atoms with Gasteiger partial charge in [0.05, 0.1) is 37.4 Å². The Kier molecular flexibility index (Phi) is 38.9. The molecule has 556 valence electrons. The number of aliphatic hydroxyl groups excluding tert-OH is 4. The van der Waals surface area contributed by atoms with Crippen LogP contribution >= 0.6 is 12.6 Å². The Morgan fingerprint density at radius 1 is 0.455 bits per heavy atom. The molecule has 0 spiro atoms. The number of primary amides is 1. The molecule has 13 amide bonds. The number of carboxylic acid groups (broad SMARTS) is 2. The van der Waals surface area contributed by atoms with Crippen molar-refractivity contribution in [2.24, 2.45) is 39.8 Å². The molecule has 99 heavy (non-hydrogen) atoms. The largest absolute Gasteiger partial charge is 0.481 e. The highest BCUT2D eigenvalue weighted by Gasteiger charge is 2.39. The highest BCUT2D eigenvalue weighted by molar-refractivity contribution is 7.80. The molecule has 1 aromatic rings. The average molecular weight is 1430 g/mol. The van der Waals surface area contributed by atoms with E-state index in [9.17, 15) is 103 Å². The summed E-state index contributed by atoms with van der Waals surface area (Å²) in [6.07, 6.45) is -7.97.